The third kappa shape index (κ3) is 4.85. The molecule has 0 radical (unpaired) electrons. The van der Waals surface area contributed by atoms with Gasteiger partial charge in [-0.15, -0.1) is 0 Å². The molecule has 0 bridgehead atoms. The predicted molar refractivity (Wildman–Crippen MR) is 99.5 cm³/mol. The smallest absolute Gasteiger partial charge is 0.343 e. The average Bonchev–Trinajstić information content (AvgIpc) is 2.69. The van der Waals surface area contributed by atoms with Gasteiger partial charge in [0.1, 0.15) is 5.75 Å². The van der Waals surface area contributed by atoms with Crippen molar-refractivity contribution in [1.29, 1.82) is 0 Å². The third-order valence-electron chi connectivity index (χ3n) is 3.94. The Morgan fingerprint density at radius 2 is 1.82 bits per heavy atom. The second-order valence-electron chi connectivity index (χ2n) is 6.49. The molecule has 0 unspecified atom stereocenters. The van der Waals surface area contributed by atoms with E-state index in [1.54, 1.807) is 30.3 Å². The van der Waals surface area contributed by atoms with E-state index in [1.165, 1.54) is 12.1 Å². The van der Waals surface area contributed by atoms with Gasteiger partial charge in [0.15, 0.2) is 6.29 Å². The molecule has 0 spiro atoms. The van der Waals surface area contributed by atoms with Crippen molar-refractivity contribution in [3.8, 4) is 11.5 Å². The van der Waals surface area contributed by atoms with E-state index in [-0.39, 0.29) is 23.1 Å². The van der Waals surface area contributed by atoms with Gasteiger partial charge in [0.05, 0.1) is 29.8 Å². The third-order valence-corrected chi connectivity index (χ3v) is 3.94. The highest BCUT2D eigenvalue weighted by Crippen LogP contribution is 2.33. The molecule has 148 valence electrons. The lowest BCUT2D eigenvalue weighted by molar-refractivity contribution is -0.385. The molecule has 28 heavy (non-hydrogen) atoms. The number of hydrogen-bond donors (Lipinski definition) is 0. The minimum Gasteiger partial charge on any atom is -0.491 e. The van der Waals surface area contributed by atoms with Crippen molar-refractivity contribution in [1.82, 2.24) is 0 Å². The summed E-state index contributed by atoms with van der Waals surface area (Å²) < 4.78 is 21.7. The first-order valence-corrected chi connectivity index (χ1v) is 8.94. The summed E-state index contributed by atoms with van der Waals surface area (Å²) in [4.78, 5) is 23.2. The van der Waals surface area contributed by atoms with Gasteiger partial charge in [-0.3, -0.25) is 10.1 Å². The van der Waals surface area contributed by atoms with Gasteiger partial charge in [0.2, 0.25) is 5.75 Å². The first kappa shape index (κ1) is 19.8. The van der Waals surface area contributed by atoms with Crippen LogP contribution in [0.15, 0.2) is 42.5 Å². The molecule has 2 aromatic carbocycles. The Kier molecular flexibility index (Phi) is 6.23. The van der Waals surface area contributed by atoms with E-state index in [4.69, 9.17) is 18.9 Å². The molecule has 1 aliphatic rings. The van der Waals surface area contributed by atoms with Gasteiger partial charge in [-0.25, -0.2) is 4.79 Å². The van der Waals surface area contributed by atoms with Crippen molar-refractivity contribution in [3.05, 3.63) is 63.7 Å². The van der Waals surface area contributed by atoms with Gasteiger partial charge in [0.25, 0.3) is 0 Å². The molecule has 0 saturated carbocycles. The molecule has 0 amide bonds. The second kappa shape index (κ2) is 8.81. The molecule has 8 nitrogen and oxygen atoms in total. The van der Waals surface area contributed by atoms with Crippen LogP contribution in [0.5, 0.6) is 11.5 Å². The lowest BCUT2D eigenvalue weighted by Gasteiger charge is -2.23. The van der Waals surface area contributed by atoms with Crippen molar-refractivity contribution in [2.45, 2.75) is 32.7 Å². The zero-order chi connectivity index (χ0) is 20.1. The van der Waals surface area contributed by atoms with Crippen molar-refractivity contribution < 1.29 is 28.7 Å². The van der Waals surface area contributed by atoms with Crippen LogP contribution in [0.1, 0.15) is 42.5 Å². The Morgan fingerprint density at radius 3 is 2.43 bits per heavy atom. The monoisotopic (exact) mass is 387 g/mol. The van der Waals surface area contributed by atoms with E-state index >= 15 is 0 Å². The molecule has 0 aliphatic carbocycles. The minimum atomic E-state index is -0.697. The summed E-state index contributed by atoms with van der Waals surface area (Å²) in [5, 5.41) is 11.4. The van der Waals surface area contributed by atoms with Gasteiger partial charge >= 0.3 is 11.7 Å². The number of nitro groups is 1. The maximum atomic E-state index is 12.4. The SMILES string of the molecule is CC(C)Oc1ccc(C(=O)Oc2ccc(C3OCCCO3)cc2[N+](=O)[O-])cc1. The lowest BCUT2D eigenvalue weighted by atomic mass is 10.1. The van der Waals surface area contributed by atoms with Crippen LogP contribution in [0.3, 0.4) is 0 Å². The average molecular weight is 387 g/mol. The molecule has 3 rings (SSSR count). The molecule has 0 atom stereocenters. The Hall–Kier alpha value is -2.97. The fraction of sp³-hybridized carbons (Fsp3) is 0.350. The predicted octanol–water partition coefficient (Wildman–Crippen LogP) is 4.04. The number of rotatable bonds is 6. The molecule has 1 heterocycles. The zero-order valence-corrected chi connectivity index (χ0v) is 15.6. The van der Waals surface area contributed by atoms with Crippen LogP contribution >= 0.6 is 0 Å². The maximum absolute atomic E-state index is 12.4. The van der Waals surface area contributed by atoms with Crippen LogP contribution < -0.4 is 9.47 Å². The number of hydrogen-bond acceptors (Lipinski definition) is 7. The van der Waals surface area contributed by atoms with Crippen molar-refractivity contribution in [3.63, 3.8) is 0 Å². The Morgan fingerprint density at radius 1 is 1.14 bits per heavy atom. The lowest BCUT2D eigenvalue weighted by Crippen LogP contribution is -2.18. The molecule has 1 aliphatic heterocycles. The summed E-state index contributed by atoms with van der Waals surface area (Å²) in [7, 11) is 0. The van der Waals surface area contributed by atoms with Crippen LogP contribution in [-0.4, -0.2) is 30.2 Å². The fourth-order valence-corrected chi connectivity index (χ4v) is 2.69. The number of benzene rings is 2. The van der Waals surface area contributed by atoms with E-state index < -0.39 is 17.2 Å². The topological polar surface area (TPSA) is 97.1 Å². The maximum Gasteiger partial charge on any atom is 0.343 e. The summed E-state index contributed by atoms with van der Waals surface area (Å²) >= 11 is 0. The number of nitro benzene ring substituents is 1. The number of esters is 1. The molecule has 1 saturated heterocycles. The number of nitrogens with zero attached hydrogens (tertiary/aromatic N) is 1. The van der Waals surface area contributed by atoms with E-state index in [9.17, 15) is 14.9 Å². The Bertz CT molecular complexity index is 842. The highest BCUT2D eigenvalue weighted by molar-refractivity contribution is 5.91. The van der Waals surface area contributed by atoms with Crippen molar-refractivity contribution in [2.24, 2.45) is 0 Å². The van der Waals surface area contributed by atoms with Crippen LogP contribution in [0.2, 0.25) is 0 Å². The fourth-order valence-electron chi connectivity index (χ4n) is 2.69. The molecule has 2 aromatic rings. The zero-order valence-electron chi connectivity index (χ0n) is 15.6. The van der Waals surface area contributed by atoms with Crippen LogP contribution in [0.4, 0.5) is 5.69 Å². The number of carbonyl (C=O) groups is 1. The summed E-state index contributed by atoms with van der Waals surface area (Å²) in [5.41, 5.74) is 0.429. The highest BCUT2D eigenvalue weighted by Gasteiger charge is 2.24. The van der Waals surface area contributed by atoms with Gasteiger partial charge in [-0.2, -0.15) is 0 Å². The first-order valence-electron chi connectivity index (χ1n) is 8.94. The normalized spacial score (nSPS) is 14.7. The molecular weight excluding hydrogens is 366 g/mol. The van der Waals surface area contributed by atoms with Gasteiger partial charge < -0.3 is 18.9 Å². The highest BCUT2D eigenvalue weighted by atomic mass is 16.7. The van der Waals surface area contributed by atoms with Gasteiger partial charge in [0, 0.05) is 11.6 Å². The van der Waals surface area contributed by atoms with E-state index in [0.29, 0.717) is 24.5 Å². The van der Waals surface area contributed by atoms with Crippen LogP contribution in [0, 0.1) is 10.1 Å². The van der Waals surface area contributed by atoms with Gasteiger partial charge in [-0.1, -0.05) is 0 Å². The van der Waals surface area contributed by atoms with Gasteiger partial charge in [-0.05, 0) is 56.7 Å². The molecule has 0 N–H and O–H groups in total. The Balaban J connectivity index is 1.77. The molecule has 1 fully saturated rings. The summed E-state index contributed by atoms with van der Waals surface area (Å²) in [6.07, 6.45) is 0.122. The van der Waals surface area contributed by atoms with E-state index in [2.05, 4.69) is 0 Å². The number of ether oxygens (including phenoxy) is 4. The largest absolute Gasteiger partial charge is 0.491 e. The second-order valence-corrected chi connectivity index (χ2v) is 6.49. The van der Waals surface area contributed by atoms with Crippen LogP contribution in [0.25, 0.3) is 0 Å². The molecule has 8 heteroatoms. The summed E-state index contributed by atoms with van der Waals surface area (Å²) in [6.45, 7) is 4.83. The molecule has 0 aromatic heterocycles. The van der Waals surface area contributed by atoms with Crippen molar-refractivity contribution >= 4 is 11.7 Å². The summed E-state index contributed by atoms with van der Waals surface area (Å²) in [5.74, 6) is -0.219. The quantitative estimate of drug-likeness (QED) is 0.319. The van der Waals surface area contributed by atoms with E-state index in [1.807, 2.05) is 13.8 Å². The van der Waals surface area contributed by atoms with Crippen LogP contribution in [-0.2, 0) is 9.47 Å². The van der Waals surface area contributed by atoms with Crippen molar-refractivity contribution in [2.75, 3.05) is 13.2 Å². The Labute approximate surface area is 162 Å². The molecular formula is C20H21NO7. The standard InChI is InChI=1S/C20H21NO7/c1-13(2)27-16-7-4-14(5-8-16)19(22)28-18-9-6-15(12-17(18)21(23)24)20-25-10-3-11-26-20/h4-9,12-13,20H,3,10-11H2,1-2H3. The number of carbonyl (C=O) groups excluding carboxylic acids is 1. The first-order chi connectivity index (χ1) is 13.4. The van der Waals surface area contributed by atoms with E-state index in [0.717, 1.165) is 6.42 Å². The minimum absolute atomic E-state index is 0.0103. The summed E-state index contributed by atoms with van der Waals surface area (Å²) in [6, 6.07) is 10.7.